The van der Waals surface area contributed by atoms with E-state index >= 15 is 0 Å². The van der Waals surface area contributed by atoms with Crippen molar-refractivity contribution in [2.24, 2.45) is 0 Å². The number of pyridine rings is 1. The number of hydrogen-bond acceptors (Lipinski definition) is 5. The number of carbonyl (C=O) groups excluding carboxylic acids is 2. The van der Waals surface area contributed by atoms with Gasteiger partial charge in [-0.25, -0.2) is 0 Å². The first-order valence-corrected chi connectivity index (χ1v) is 7.88. The molecule has 0 fully saturated rings. The Balaban J connectivity index is 1.58. The van der Waals surface area contributed by atoms with E-state index in [4.69, 9.17) is 9.15 Å². The Hall–Kier alpha value is -3.61. The van der Waals surface area contributed by atoms with Crippen molar-refractivity contribution in [3.63, 3.8) is 0 Å². The summed E-state index contributed by atoms with van der Waals surface area (Å²) in [7, 11) is 0. The van der Waals surface area contributed by atoms with Gasteiger partial charge < -0.3 is 9.15 Å². The van der Waals surface area contributed by atoms with Crippen molar-refractivity contribution < 1.29 is 18.7 Å². The molecule has 0 aliphatic rings. The van der Waals surface area contributed by atoms with Crippen molar-refractivity contribution >= 4 is 11.8 Å². The predicted octanol–water partition coefficient (Wildman–Crippen LogP) is 3.16. The minimum Gasteiger partial charge on any atom is -0.466 e. The quantitative estimate of drug-likeness (QED) is 0.704. The minimum absolute atomic E-state index is 0.378. The van der Waals surface area contributed by atoms with Crippen LogP contribution in [0, 0.1) is 13.8 Å². The third-order valence-electron chi connectivity index (χ3n) is 3.56. The van der Waals surface area contributed by atoms with Gasteiger partial charge in [-0.15, -0.1) is 0 Å². The molecule has 2 amide bonds. The van der Waals surface area contributed by atoms with E-state index < -0.39 is 11.8 Å². The van der Waals surface area contributed by atoms with Crippen LogP contribution in [-0.2, 0) is 0 Å². The highest BCUT2D eigenvalue weighted by Gasteiger charge is 2.14. The largest absolute Gasteiger partial charge is 0.466 e. The summed E-state index contributed by atoms with van der Waals surface area (Å²) in [5.41, 5.74) is 5.50. The third-order valence-corrected chi connectivity index (χ3v) is 3.56. The fraction of sp³-hybridized carbons (Fsp3) is 0.105. The second-order valence-electron chi connectivity index (χ2n) is 5.55. The van der Waals surface area contributed by atoms with E-state index in [1.165, 1.54) is 0 Å². The van der Waals surface area contributed by atoms with Gasteiger partial charge in [-0.2, -0.15) is 0 Å². The molecule has 26 heavy (non-hydrogen) atoms. The van der Waals surface area contributed by atoms with Crippen molar-refractivity contribution in [3.8, 4) is 11.5 Å². The molecule has 2 N–H and O–H groups in total. The normalized spacial score (nSPS) is 10.2. The molecule has 3 rings (SSSR count). The molecule has 2 heterocycles. The highest BCUT2D eigenvalue weighted by Crippen LogP contribution is 2.20. The van der Waals surface area contributed by atoms with Crippen LogP contribution in [0.3, 0.4) is 0 Å². The second kappa shape index (κ2) is 7.52. The van der Waals surface area contributed by atoms with Gasteiger partial charge in [0.1, 0.15) is 23.0 Å². The molecule has 0 bridgehead atoms. The van der Waals surface area contributed by atoms with E-state index in [9.17, 15) is 9.59 Å². The molecule has 2 aromatic heterocycles. The van der Waals surface area contributed by atoms with E-state index in [1.807, 2.05) is 0 Å². The van der Waals surface area contributed by atoms with Crippen LogP contribution in [0.25, 0.3) is 0 Å². The number of carbonyl (C=O) groups is 2. The maximum Gasteiger partial charge on any atom is 0.273 e. The Morgan fingerprint density at radius 3 is 2.35 bits per heavy atom. The molecule has 0 radical (unpaired) electrons. The Morgan fingerprint density at radius 1 is 1.00 bits per heavy atom. The summed E-state index contributed by atoms with van der Waals surface area (Å²) in [5.74, 6) is 1.41. The summed E-state index contributed by atoms with van der Waals surface area (Å²) in [6, 6.07) is 11.7. The van der Waals surface area contributed by atoms with Crippen molar-refractivity contribution in [1.82, 2.24) is 15.8 Å². The number of nitrogens with one attached hydrogen (secondary N) is 2. The molecule has 0 atom stereocenters. The van der Waals surface area contributed by atoms with E-state index in [2.05, 4.69) is 15.8 Å². The van der Waals surface area contributed by atoms with Gasteiger partial charge in [0.05, 0.1) is 11.8 Å². The lowest BCUT2D eigenvalue weighted by Crippen LogP contribution is -2.41. The van der Waals surface area contributed by atoms with Gasteiger partial charge in [-0.05, 0) is 56.3 Å². The summed E-state index contributed by atoms with van der Waals surface area (Å²) in [5, 5.41) is 0. The standard InChI is InChI=1S/C19H17N3O4/c1-12-10-17(13(2)25-12)19(24)22-21-18(23)14-5-7-15(8-6-14)26-16-4-3-9-20-11-16/h3-11H,1-2H3,(H,21,23)(H,22,24). The zero-order valence-electron chi connectivity index (χ0n) is 14.3. The van der Waals surface area contributed by atoms with Crippen LogP contribution in [0.4, 0.5) is 0 Å². The topological polar surface area (TPSA) is 93.5 Å². The molecular formula is C19H17N3O4. The maximum absolute atomic E-state index is 12.1. The van der Waals surface area contributed by atoms with Crippen LogP contribution in [0.2, 0.25) is 0 Å². The summed E-state index contributed by atoms with van der Waals surface area (Å²) in [4.78, 5) is 28.2. The van der Waals surface area contributed by atoms with E-state index in [0.29, 0.717) is 34.1 Å². The van der Waals surface area contributed by atoms with Crippen molar-refractivity contribution in [2.75, 3.05) is 0 Å². The maximum atomic E-state index is 12.1. The summed E-state index contributed by atoms with van der Waals surface area (Å²) >= 11 is 0. The van der Waals surface area contributed by atoms with Crippen molar-refractivity contribution in [1.29, 1.82) is 0 Å². The number of nitrogens with zero attached hydrogens (tertiary/aromatic N) is 1. The molecule has 1 aromatic carbocycles. The summed E-state index contributed by atoms with van der Waals surface area (Å²) in [6.45, 7) is 3.43. The Labute approximate surface area is 150 Å². The van der Waals surface area contributed by atoms with Gasteiger partial charge in [0.2, 0.25) is 0 Å². The van der Waals surface area contributed by atoms with Crippen molar-refractivity contribution in [3.05, 3.63) is 77.5 Å². The van der Waals surface area contributed by atoms with Crippen LogP contribution >= 0.6 is 0 Å². The number of hydrogen-bond donors (Lipinski definition) is 2. The molecule has 7 nitrogen and oxygen atoms in total. The lowest BCUT2D eigenvalue weighted by molar-refractivity contribution is 0.0845. The second-order valence-corrected chi connectivity index (χ2v) is 5.55. The molecule has 0 spiro atoms. The fourth-order valence-corrected chi connectivity index (χ4v) is 2.33. The van der Waals surface area contributed by atoms with Gasteiger partial charge in [0.25, 0.3) is 11.8 Å². The van der Waals surface area contributed by atoms with Crippen LogP contribution in [-0.4, -0.2) is 16.8 Å². The molecule has 0 saturated heterocycles. The van der Waals surface area contributed by atoms with Gasteiger partial charge in [-0.1, -0.05) is 0 Å². The summed E-state index contributed by atoms with van der Waals surface area (Å²) in [6.07, 6.45) is 3.25. The number of amides is 2. The van der Waals surface area contributed by atoms with E-state index in [0.717, 1.165) is 0 Å². The number of rotatable bonds is 4. The lowest BCUT2D eigenvalue weighted by Gasteiger charge is -2.08. The molecular weight excluding hydrogens is 334 g/mol. The Kier molecular flexibility index (Phi) is 4.98. The van der Waals surface area contributed by atoms with Crippen LogP contribution in [0.15, 0.2) is 59.3 Å². The highest BCUT2D eigenvalue weighted by molar-refractivity contribution is 5.99. The number of aromatic nitrogens is 1. The average molecular weight is 351 g/mol. The number of hydrazine groups is 1. The van der Waals surface area contributed by atoms with E-state index in [1.54, 1.807) is 68.7 Å². The monoisotopic (exact) mass is 351 g/mol. The van der Waals surface area contributed by atoms with Gasteiger partial charge in [0, 0.05) is 11.8 Å². The molecule has 0 saturated carbocycles. The first-order valence-electron chi connectivity index (χ1n) is 7.88. The van der Waals surface area contributed by atoms with Gasteiger partial charge in [0.15, 0.2) is 0 Å². The number of benzene rings is 1. The smallest absolute Gasteiger partial charge is 0.273 e. The zero-order valence-corrected chi connectivity index (χ0v) is 14.3. The highest BCUT2D eigenvalue weighted by atomic mass is 16.5. The number of aryl methyl sites for hydroxylation is 2. The number of furan rings is 1. The SMILES string of the molecule is Cc1cc(C(=O)NNC(=O)c2ccc(Oc3cccnc3)cc2)c(C)o1. The first-order chi connectivity index (χ1) is 12.5. The molecule has 0 aliphatic carbocycles. The molecule has 132 valence electrons. The van der Waals surface area contributed by atoms with Crippen molar-refractivity contribution in [2.45, 2.75) is 13.8 Å². The van der Waals surface area contributed by atoms with Gasteiger partial charge in [-0.3, -0.25) is 25.4 Å². The molecule has 3 aromatic rings. The summed E-state index contributed by atoms with van der Waals surface area (Å²) < 4.78 is 10.9. The Morgan fingerprint density at radius 2 is 1.73 bits per heavy atom. The van der Waals surface area contributed by atoms with Crippen LogP contribution in [0.5, 0.6) is 11.5 Å². The van der Waals surface area contributed by atoms with Crippen LogP contribution in [0.1, 0.15) is 32.2 Å². The Bertz CT molecular complexity index is 918. The third kappa shape index (κ3) is 4.07. The lowest BCUT2D eigenvalue weighted by atomic mass is 10.2. The van der Waals surface area contributed by atoms with Gasteiger partial charge >= 0.3 is 0 Å². The predicted molar refractivity (Wildman–Crippen MR) is 93.9 cm³/mol. The fourth-order valence-electron chi connectivity index (χ4n) is 2.33. The van der Waals surface area contributed by atoms with E-state index in [-0.39, 0.29) is 0 Å². The first kappa shape index (κ1) is 17.2. The molecule has 0 aliphatic heterocycles. The molecule has 7 heteroatoms. The average Bonchev–Trinajstić information content (AvgIpc) is 2.99. The zero-order chi connectivity index (χ0) is 18.5. The van der Waals surface area contributed by atoms with Crippen LogP contribution < -0.4 is 15.6 Å². The minimum atomic E-state index is -0.441. The molecule has 0 unspecified atom stereocenters. The number of ether oxygens (including phenoxy) is 1.